The lowest BCUT2D eigenvalue weighted by Crippen LogP contribution is -2.58. The molecule has 0 radical (unpaired) electrons. The van der Waals surface area contributed by atoms with E-state index in [2.05, 4.69) is 21.5 Å². The molecular formula is C29H27F3N6O4S. The summed E-state index contributed by atoms with van der Waals surface area (Å²) >= 11 is 0. The van der Waals surface area contributed by atoms with Gasteiger partial charge in [-0.2, -0.15) is 4.98 Å². The number of piperazine rings is 1. The van der Waals surface area contributed by atoms with Crippen molar-refractivity contribution in [1.29, 1.82) is 0 Å². The zero-order chi connectivity index (χ0) is 31.4. The number of halogens is 3. The summed E-state index contributed by atoms with van der Waals surface area (Å²) in [5, 5.41) is -0.0251. The lowest BCUT2D eigenvalue weighted by Gasteiger charge is -2.44. The maximum absolute atomic E-state index is 15.8. The van der Waals surface area contributed by atoms with E-state index >= 15 is 4.39 Å². The van der Waals surface area contributed by atoms with E-state index in [1.165, 1.54) is 25.3 Å². The average Bonchev–Trinajstić information content (AvgIpc) is 2.93. The van der Waals surface area contributed by atoms with Crippen LogP contribution in [0.25, 0.3) is 28.0 Å². The third-order valence-corrected chi connectivity index (χ3v) is 8.54. The zero-order valence-corrected chi connectivity index (χ0v) is 24.5. The van der Waals surface area contributed by atoms with Gasteiger partial charge in [0.15, 0.2) is 21.3 Å². The van der Waals surface area contributed by atoms with Crippen LogP contribution < -0.4 is 10.6 Å². The number of rotatable bonds is 5. The molecule has 1 aromatic carbocycles. The first-order valence-electron chi connectivity index (χ1n) is 13.2. The Bertz CT molecular complexity index is 1960. The van der Waals surface area contributed by atoms with Gasteiger partial charge in [-0.25, -0.2) is 35.9 Å². The lowest BCUT2D eigenvalue weighted by atomic mass is 10.1. The Kier molecular flexibility index (Phi) is 7.59. The monoisotopic (exact) mass is 612 g/mol. The number of hydrogen-bond donors (Lipinski definition) is 0. The number of benzene rings is 1. The number of pyridine rings is 2. The summed E-state index contributed by atoms with van der Waals surface area (Å²) < 4.78 is 71.9. The van der Waals surface area contributed by atoms with Crippen LogP contribution in [0.5, 0.6) is 0 Å². The van der Waals surface area contributed by atoms with Crippen molar-refractivity contribution in [3.63, 3.8) is 0 Å². The number of fused-ring (bicyclic) bond motifs is 1. The van der Waals surface area contributed by atoms with Gasteiger partial charge in [0.25, 0.3) is 0 Å². The zero-order valence-electron chi connectivity index (χ0n) is 23.7. The van der Waals surface area contributed by atoms with Gasteiger partial charge in [-0.15, -0.1) is 0 Å². The molecule has 1 amide bonds. The fourth-order valence-electron chi connectivity index (χ4n) is 5.38. The Morgan fingerprint density at radius 1 is 1.05 bits per heavy atom. The second-order valence-corrected chi connectivity index (χ2v) is 12.4. The Labute approximate surface area is 245 Å². The van der Waals surface area contributed by atoms with Crippen LogP contribution in [0.15, 0.2) is 58.9 Å². The van der Waals surface area contributed by atoms with Crippen LogP contribution in [-0.2, 0) is 14.6 Å². The number of nitrogens with zero attached hydrogens (tertiary/aromatic N) is 6. The van der Waals surface area contributed by atoms with Crippen LogP contribution in [0.3, 0.4) is 0 Å². The SMILES string of the molecule is C=CC(=O)N1C[C@H](C)N(c2nc(=O)n(-c3c(S(C)(=O)=O)ccnc3C)c3nc(-c4c(F)cccc4F)c(F)cc23)C[C@H]1C. The topological polar surface area (TPSA) is 118 Å². The maximum Gasteiger partial charge on any atom is 0.355 e. The minimum absolute atomic E-state index is 0.00991. The molecule has 43 heavy (non-hydrogen) atoms. The highest BCUT2D eigenvalue weighted by molar-refractivity contribution is 7.90. The fraction of sp³-hybridized carbons (Fsp3) is 0.276. The second kappa shape index (κ2) is 10.9. The van der Waals surface area contributed by atoms with E-state index in [-0.39, 0.29) is 58.2 Å². The molecule has 1 aliphatic rings. The van der Waals surface area contributed by atoms with Gasteiger partial charge < -0.3 is 9.80 Å². The Hall–Kier alpha value is -4.59. The standard InChI is InChI=1S/C29H27F3N6O4S/c1-6-23(39)36-13-16(3)37(14-15(36)2)27-18-12-21(32)25(24-19(30)8-7-9-20(24)31)34-28(18)38(29(40)35-27)26-17(4)33-11-10-22(26)43(5,41)42/h6-12,15-16H,1,13-14H2,2-5H3/t15-,16+/m1/s1. The van der Waals surface area contributed by atoms with E-state index in [1.54, 1.807) is 23.6 Å². The summed E-state index contributed by atoms with van der Waals surface area (Å²) in [5.74, 6) is -3.55. The third-order valence-electron chi connectivity index (χ3n) is 7.41. The first-order chi connectivity index (χ1) is 20.2. The molecule has 1 fully saturated rings. The highest BCUT2D eigenvalue weighted by Crippen LogP contribution is 2.35. The molecule has 0 unspecified atom stereocenters. The number of aromatic nitrogens is 4. The highest BCUT2D eigenvalue weighted by atomic mass is 32.2. The summed E-state index contributed by atoms with van der Waals surface area (Å²) in [6.45, 7) is 9.00. The summed E-state index contributed by atoms with van der Waals surface area (Å²) in [6.07, 6.45) is 3.40. The molecule has 5 rings (SSSR count). The molecule has 0 saturated carbocycles. The van der Waals surface area contributed by atoms with Gasteiger partial charge in [-0.05, 0) is 51.1 Å². The predicted molar refractivity (Wildman–Crippen MR) is 154 cm³/mol. The Morgan fingerprint density at radius 2 is 1.72 bits per heavy atom. The summed E-state index contributed by atoms with van der Waals surface area (Å²) in [6, 6.07) is 4.38. The fourth-order valence-corrected chi connectivity index (χ4v) is 6.28. The lowest BCUT2D eigenvalue weighted by molar-refractivity contribution is -0.128. The third kappa shape index (κ3) is 5.15. The van der Waals surface area contributed by atoms with Gasteiger partial charge in [0.05, 0.1) is 27.2 Å². The number of sulfone groups is 1. The molecule has 14 heteroatoms. The van der Waals surface area contributed by atoms with E-state index < -0.39 is 50.3 Å². The predicted octanol–water partition coefficient (Wildman–Crippen LogP) is 3.58. The molecule has 4 heterocycles. The van der Waals surface area contributed by atoms with E-state index in [4.69, 9.17) is 0 Å². The van der Waals surface area contributed by atoms with Crippen molar-refractivity contribution in [2.45, 2.75) is 37.8 Å². The number of carbonyl (C=O) groups excluding carboxylic acids is 1. The quantitative estimate of drug-likeness (QED) is 0.314. The number of aryl methyl sites for hydroxylation is 1. The van der Waals surface area contributed by atoms with Crippen molar-refractivity contribution in [2.75, 3.05) is 24.2 Å². The first-order valence-corrected chi connectivity index (χ1v) is 15.1. The molecule has 1 aliphatic heterocycles. The summed E-state index contributed by atoms with van der Waals surface area (Å²) in [7, 11) is -3.94. The summed E-state index contributed by atoms with van der Waals surface area (Å²) in [4.78, 5) is 41.9. The van der Waals surface area contributed by atoms with Gasteiger partial charge in [-0.1, -0.05) is 12.6 Å². The van der Waals surface area contributed by atoms with Gasteiger partial charge in [-0.3, -0.25) is 9.78 Å². The van der Waals surface area contributed by atoms with E-state index in [9.17, 15) is 26.8 Å². The van der Waals surface area contributed by atoms with Crippen molar-refractivity contribution in [2.24, 2.45) is 0 Å². The van der Waals surface area contributed by atoms with Crippen LogP contribution in [0.2, 0.25) is 0 Å². The summed E-state index contributed by atoms with van der Waals surface area (Å²) in [5.41, 5.74) is -2.82. The number of anilines is 1. The van der Waals surface area contributed by atoms with Crippen molar-refractivity contribution in [3.05, 3.63) is 82.8 Å². The average molecular weight is 613 g/mol. The maximum atomic E-state index is 15.8. The minimum atomic E-state index is -3.94. The van der Waals surface area contributed by atoms with Gasteiger partial charge in [0, 0.05) is 37.6 Å². The molecule has 0 bridgehead atoms. The van der Waals surface area contributed by atoms with Crippen LogP contribution >= 0.6 is 0 Å². The Balaban J connectivity index is 1.87. The van der Waals surface area contributed by atoms with Gasteiger partial charge in [0.2, 0.25) is 5.91 Å². The van der Waals surface area contributed by atoms with Gasteiger partial charge >= 0.3 is 5.69 Å². The van der Waals surface area contributed by atoms with Crippen molar-refractivity contribution in [1.82, 2.24) is 24.4 Å². The molecule has 0 aliphatic carbocycles. The number of hydrogen-bond acceptors (Lipinski definition) is 8. The van der Waals surface area contributed by atoms with Crippen LogP contribution in [0, 0.1) is 24.4 Å². The smallest absolute Gasteiger partial charge is 0.349 e. The molecule has 224 valence electrons. The Morgan fingerprint density at radius 3 is 2.35 bits per heavy atom. The number of amides is 1. The molecule has 1 saturated heterocycles. The molecule has 3 aromatic heterocycles. The van der Waals surface area contributed by atoms with Crippen LogP contribution in [0.4, 0.5) is 19.0 Å². The van der Waals surface area contributed by atoms with E-state index in [0.717, 1.165) is 35.1 Å². The molecular weight excluding hydrogens is 585 g/mol. The molecule has 2 atom stereocenters. The normalized spacial score (nSPS) is 17.4. The van der Waals surface area contributed by atoms with E-state index in [0.29, 0.717) is 0 Å². The second-order valence-electron chi connectivity index (χ2n) is 10.4. The van der Waals surface area contributed by atoms with Crippen molar-refractivity contribution < 1.29 is 26.4 Å². The number of carbonyl (C=O) groups is 1. The van der Waals surface area contributed by atoms with E-state index in [1.807, 2.05) is 0 Å². The van der Waals surface area contributed by atoms with Crippen LogP contribution in [-0.4, -0.2) is 70.2 Å². The van der Waals surface area contributed by atoms with Crippen LogP contribution in [0.1, 0.15) is 19.5 Å². The highest BCUT2D eigenvalue weighted by Gasteiger charge is 2.34. The molecule has 10 nitrogen and oxygen atoms in total. The minimum Gasteiger partial charge on any atom is -0.349 e. The molecule has 0 spiro atoms. The van der Waals surface area contributed by atoms with Crippen molar-refractivity contribution in [3.8, 4) is 16.9 Å². The van der Waals surface area contributed by atoms with Gasteiger partial charge in [0.1, 0.15) is 23.1 Å². The molecule has 0 N–H and O–H groups in total. The largest absolute Gasteiger partial charge is 0.355 e. The first kappa shape index (κ1) is 29.9. The molecule has 4 aromatic rings. The van der Waals surface area contributed by atoms with Crippen molar-refractivity contribution >= 4 is 32.6 Å².